The zero-order chi connectivity index (χ0) is 105. The fourth-order valence-electron chi connectivity index (χ4n) is 16.0. The second-order valence-corrected chi connectivity index (χ2v) is 37.4. The monoisotopic (exact) mass is 2190 g/mol. The second kappa shape index (κ2) is 52.2. The Labute approximate surface area is 887 Å². The number of aromatic nitrogens is 8. The summed E-state index contributed by atoms with van der Waals surface area (Å²) >= 11 is 33.2. The maximum atomic E-state index is 15.8. The van der Waals surface area contributed by atoms with Crippen LogP contribution in [-0.4, -0.2) is 247 Å². The van der Waals surface area contributed by atoms with E-state index < -0.39 is 93.7 Å². The van der Waals surface area contributed by atoms with Gasteiger partial charge in [0, 0.05) is 152 Å². The minimum atomic E-state index is -1.84. The van der Waals surface area contributed by atoms with Crippen LogP contribution < -0.4 is 48.7 Å². The molecular formula is C100H104BBrCl5F8LiN16O15. The molecular weight excluding hydrogens is 2090 g/mol. The van der Waals surface area contributed by atoms with Gasteiger partial charge in [-0.25, -0.2) is 89.4 Å². The van der Waals surface area contributed by atoms with Crippen molar-refractivity contribution in [2.75, 3.05) is 98.1 Å². The number of nitrogens with zero attached hydrogens (tertiary/aromatic N) is 16. The Bertz CT molecular complexity index is 6900. The first-order chi connectivity index (χ1) is 67.5. The summed E-state index contributed by atoms with van der Waals surface area (Å²) in [7, 11) is -1.84. The Balaban J connectivity index is 0.000000251. The van der Waals surface area contributed by atoms with Crippen molar-refractivity contribution in [2.45, 2.75) is 119 Å². The molecule has 4 unspecified atom stereocenters. The Hall–Kier alpha value is -12.8. The zero-order valence-corrected chi connectivity index (χ0v) is 85.2. The van der Waals surface area contributed by atoms with Crippen LogP contribution in [0.1, 0.15) is 84.1 Å². The molecule has 12 aromatic rings. The minimum Gasteiger partial charge on any atom is -0.870 e. The average Bonchev–Trinajstić information content (AvgIpc) is 1.00. The summed E-state index contributed by atoms with van der Waals surface area (Å²) in [6.45, 7) is 37.6. The van der Waals surface area contributed by atoms with Crippen LogP contribution in [0.4, 0.5) is 68.0 Å². The number of halogens is 14. The molecule has 4 fully saturated rings. The van der Waals surface area contributed by atoms with Crippen LogP contribution in [0.3, 0.4) is 0 Å². The number of fused-ring (bicyclic) bond motifs is 4. The van der Waals surface area contributed by atoms with E-state index in [9.17, 15) is 60.9 Å². The molecule has 31 nitrogen and oxygen atoms in total. The van der Waals surface area contributed by atoms with Gasteiger partial charge in [-0.1, -0.05) is 106 Å². The van der Waals surface area contributed by atoms with E-state index in [0.717, 1.165) is 48.6 Å². The van der Waals surface area contributed by atoms with Gasteiger partial charge in [0.05, 0.1) is 41.3 Å². The van der Waals surface area contributed by atoms with Gasteiger partial charge < -0.3 is 84.3 Å². The molecule has 776 valence electrons. The van der Waals surface area contributed by atoms with Crippen molar-refractivity contribution in [3.63, 3.8) is 0 Å². The van der Waals surface area contributed by atoms with Crippen molar-refractivity contribution in [3.8, 4) is 56.4 Å². The zero-order valence-electron chi connectivity index (χ0n) is 79.9. The molecule has 0 radical (unpaired) electrons. The number of rotatable bonds is 13. The molecule has 0 spiro atoms. The third-order valence-electron chi connectivity index (χ3n) is 22.5. The number of carbonyl (C=O) groups is 6. The molecule has 4 aliphatic rings. The molecule has 8 aromatic carbocycles. The number of hydrogen-bond acceptors (Lipinski definition) is 27. The van der Waals surface area contributed by atoms with Crippen LogP contribution in [0.5, 0.6) is 23.0 Å². The Kier molecular flexibility index (Phi) is 43.0. The summed E-state index contributed by atoms with van der Waals surface area (Å²) in [5, 5.41) is 47.3. The normalized spacial score (nSPS) is 15.4. The molecule has 6 N–H and O–H groups in total. The van der Waals surface area contributed by atoms with Crippen molar-refractivity contribution in [1.29, 1.82) is 0 Å². The van der Waals surface area contributed by atoms with Crippen LogP contribution in [0.25, 0.3) is 77.0 Å². The van der Waals surface area contributed by atoms with E-state index in [0.29, 0.717) is 123 Å². The van der Waals surface area contributed by atoms with E-state index in [4.69, 9.17) is 87.4 Å². The number of piperazine rings is 4. The summed E-state index contributed by atoms with van der Waals surface area (Å²) in [6, 6.07) is 19.6. The maximum Gasteiger partial charge on any atom is 1.00 e. The summed E-state index contributed by atoms with van der Waals surface area (Å²) < 4.78 is 134. The molecule has 16 rings (SSSR count). The summed E-state index contributed by atoms with van der Waals surface area (Å²) in [5.41, 5.74) is -3.10. The third-order valence-corrected chi connectivity index (χ3v) is 24.9. The molecule has 4 atom stereocenters. The van der Waals surface area contributed by atoms with Crippen LogP contribution >= 0.6 is 73.9 Å². The van der Waals surface area contributed by atoms with E-state index in [1.165, 1.54) is 92.1 Å². The minimum absolute atomic E-state index is 0. The van der Waals surface area contributed by atoms with Gasteiger partial charge in [0.15, 0.2) is 23.3 Å². The van der Waals surface area contributed by atoms with Gasteiger partial charge in [-0.15, -0.1) is 0 Å². The molecule has 0 bridgehead atoms. The van der Waals surface area contributed by atoms with Gasteiger partial charge in [0.1, 0.15) is 128 Å². The van der Waals surface area contributed by atoms with Gasteiger partial charge in [-0.05, 0) is 194 Å². The third kappa shape index (κ3) is 28.4. The van der Waals surface area contributed by atoms with Crippen LogP contribution in [0, 0.1) is 46.5 Å². The van der Waals surface area contributed by atoms with E-state index in [-0.39, 0.29) is 178 Å². The SMILES string of the molecule is C.C.C=CC(=O)Cl.C=CC(=O)N1CCN(c2ncnc3c(F)c(-c4c(O)cccc4F)c(Cl)cc23)CC1C.C=CC(=O)Oc1cccc(F)c1-c1c(Cl)cc2c(N3CCN(C(=O)C=C)C(C)C3)ncnc2c1F.CC1CN(c2ncnc3c(F)c(-c4c(O)cccc4F)c(Cl)cc23)CCN1C(=O)OC(C)(C)C.CC1CN(c2ncnc3c(F)c(Br)c(Cl)cc23)CCN1C(=O)OC(C)(C)C.OB(O)c1cc(F)ccc1O.[Li+].[OH-]. The number of hydrogen-bond donors (Lipinski definition) is 5. The van der Waals surface area contributed by atoms with E-state index in [2.05, 4.69) is 82.1 Å². The number of carbonyl (C=O) groups excluding carboxylic acids is 6. The van der Waals surface area contributed by atoms with Crippen molar-refractivity contribution < 1.29 is 128 Å². The van der Waals surface area contributed by atoms with Gasteiger partial charge >= 0.3 is 44.1 Å². The summed E-state index contributed by atoms with van der Waals surface area (Å²) in [4.78, 5) is 118. The maximum absolute atomic E-state index is 15.8. The van der Waals surface area contributed by atoms with Crippen LogP contribution in [0.2, 0.25) is 20.1 Å². The number of allylic oxidation sites excluding steroid dienone is 1. The number of amides is 4. The standard InChI is InChI=1S/C25H21ClF2N4O3.C24H25ClF2N4O3.C22H19ClF2N4O2.C18H21BrClFN4O2.C6H6BFO3.C3H3ClO.2CH4.Li.H2O/c1-4-19(33)32-10-9-31(12-14(32)3)25-15-11-16(26)21(23(28)24(15)29-13-30-25)22-17(27)7-6-8-18(22)35-20(34)5-2;1-13-11-30(8-9-31(13)23(33)34-24(2,3)4)22-14-10-15(25)18(20(27)21(14)28-12-29-22)19-16(26)6-5-7-17(19)32;1-3-17(31)29-8-7-28(10-12(29)2)22-13-9-14(23)18(20(25)21(13)26-11-27-22)19-15(24)5-4-6-16(19)30;1-10-8-24(5-6-25(10)17(26)27-18(2,3)4)16-11-7-12(20)13(19)14(21)15(11)22-9-23-16;8-4-1-2-6(9)5(3-4)7(10)11;1-2-3(4)5;;;;/h4-8,11,13-14H,1-2,9-10,12H2,3H3;5-7,10,12-13,32H,8-9,11H2,1-4H3;3-6,9,11-12,30H,1,7-8,10H2,2H3;7,9-10H,5-6,8H2,1-4H3;1-3,9-11H;2H,1H2;2*1H4;;1H2/q;;;;;;;;+1;/p-1. The smallest absolute Gasteiger partial charge is 0.870 e. The fourth-order valence-corrected chi connectivity index (χ4v) is 17.4. The first-order valence-electron chi connectivity index (χ1n) is 43.8. The van der Waals surface area contributed by atoms with Crippen molar-refractivity contribution in [3.05, 3.63) is 244 Å². The number of phenolic OH excluding ortho intramolecular Hbond substituents is 3. The molecule has 0 aliphatic carbocycles. The number of ether oxygens (including phenoxy) is 3. The molecule has 4 aromatic heterocycles. The average molecular weight is 2200 g/mol. The van der Waals surface area contributed by atoms with E-state index >= 15 is 13.2 Å². The number of anilines is 4. The first-order valence-corrected chi connectivity index (χ1v) is 46.5. The Morgan fingerprint density at radius 2 is 0.728 bits per heavy atom. The predicted octanol–water partition coefficient (Wildman–Crippen LogP) is 17.0. The molecule has 8 heterocycles. The fraction of sp³-hybridized carbons (Fsp3) is 0.300. The Morgan fingerprint density at radius 1 is 0.422 bits per heavy atom. The molecule has 47 heteroatoms. The quantitative estimate of drug-likeness (QED) is 0.0136. The van der Waals surface area contributed by atoms with E-state index in [1.54, 1.807) is 25.7 Å². The van der Waals surface area contributed by atoms with Gasteiger partial charge in [0.25, 0.3) is 0 Å². The first kappa shape index (κ1) is 121. The topological polar surface area (TPSA) is 390 Å². The molecule has 147 heavy (non-hydrogen) atoms. The number of phenols is 3. The Morgan fingerprint density at radius 3 is 1.02 bits per heavy atom. The largest absolute Gasteiger partial charge is 1.00 e. The van der Waals surface area contributed by atoms with Gasteiger partial charge in [-0.2, -0.15) is 0 Å². The molecule has 0 saturated carbocycles. The van der Waals surface area contributed by atoms with Crippen LogP contribution in [-0.2, 0) is 28.7 Å². The molecule has 4 aliphatic heterocycles. The van der Waals surface area contributed by atoms with Crippen molar-refractivity contribution >= 4 is 189 Å². The molecule has 4 amide bonds. The van der Waals surface area contributed by atoms with Crippen molar-refractivity contribution in [1.82, 2.24) is 59.5 Å². The number of aromatic hydroxyl groups is 3. The second-order valence-electron chi connectivity index (χ2n) is 34.6. The van der Waals surface area contributed by atoms with Gasteiger partial charge in [-0.3, -0.25) is 14.4 Å². The van der Waals surface area contributed by atoms with E-state index in [1.807, 2.05) is 88.8 Å². The summed E-state index contributed by atoms with van der Waals surface area (Å²) in [6.07, 6.45) is 8.79. The number of esters is 1. The van der Waals surface area contributed by atoms with Crippen LogP contribution in [0.15, 0.2) is 177 Å². The predicted molar refractivity (Wildman–Crippen MR) is 552 cm³/mol. The van der Waals surface area contributed by atoms with Gasteiger partial charge in [0.2, 0.25) is 17.1 Å². The molecule has 4 saturated heterocycles. The number of benzene rings is 8. The summed E-state index contributed by atoms with van der Waals surface area (Å²) in [5.74, 6) is -6.74. The van der Waals surface area contributed by atoms with Crippen molar-refractivity contribution in [2.24, 2.45) is 0 Å².